The Morgan fingerprint density at radius 1 is 1.14 bits per heavy atom. The van der Waals surface area contributed by atoms with Gasteiger partial charge in [-0.3, -0.25) is 4.55 Å². The first-order valence-electron chi connectivity index (χ1n) is 3.82. The summed E-state index contributed by atoms with van der Waals surface area (Å²) in [5.74, 6) is 0. The lowest BCUT2D eigenvalue weighted by molar-refractivity contribution is 0.0732. The van der Waals surface area contributed by atoms with Gasteiger partial charge in [0.05, 0.1) is 13.2 Å². The molecule has 0 radical (unpaired) electrons. The highest BCUT2D eigenvalue weighted by Gasteiger charge is 2.28. The number of rotatable bonds is 3. The van der Waals surface area contributed by atoms with E-state index in [0.717, 1.165) is 4.31 Å². The molecule has 0 spiro atoms. The molecule has 1 heterocycles. The van der Waals surface area contributed by atoms with E-state index in [-0.39, 0.29) is 26.3 Å². The van der Waals surface area contributed by atoms with Crippen molar-refractivity contribution in [3.8, 4) is 0 Å². The molecule has 0 unspecified atom stereocenters. The van der Waals surface area contributed by atoms with E-state index in [4.69, 9.17) is 9.29 Å². The molecule has 0 bridgehead atoms. The molecular weight excluding hydrogens is 234 g/mol. The summed E-state index contributed by atoms with van der Waals surface area (Å²) in [6.07, 6.45) is 0. The molecule has 1 aliphatic heterocycles. The number of hydrogen-bond acceptors (Lipinski definition) is 5. The van der Waals surface area contributed by atoms with Gasteiger partial charge in [0.15, 0.2) is 5.08 Å². The number of ether oxygens (including phenoxy) is 1. The van der Waals surface area contributed by atoms with E-state index >= 15 is 0 Å². The second-order valence-corrected chi connectivity index (χ2v) is 6.61. The second kappa shape index (κ2) is 4.11. The second-order valence-electron chi connectivity index (χ2n) is 2.82. The molecule has 14 heavy (non-hydrogen) atoms. The fourth-order valence-corrected chi connectivity index (χ4v) is 3.89. The van der Waals surface area contributed by atoms with Crippen molar-refractivity contribution >= 4 is 20.1 Å². The summed E-state index contributed by atoms with van der Waals surface area (Å²) in [6.45, 7) is 0.727. The largest absolute Gasteiger partial charge is 0.379 e. The van der Waals surface area contributed by atoms with Crippen LogP contribution in [-0.2, 0) is 24.9 Å². The molecule has 1 fully saturated rings. The summed E-state index contributed by atoms with van der Waals surface area (Å²) < 4.78 is 57.8. The zero-order chi connectivity index (χ0) is 10.8. The molecule has 0 aromatic rings. The molecule has 0 amide bonds. The Hall–Kier alpha value is -0.220. The minimum atomic E-state index is -4.50. The summed E-state index contributed by atoms with van der Waals surface area (Å²) in [6, 6.07) is 0. The third kappa shape index (κ3) is 3.50. The normalized spacial score (nSPS) is 20.9. The fourth-order valence-electron chi connectivity index (χ4n) is 1.09. The van der Waals surface area contributed by atoms with Crippen LogP contribution in [0, 0.1) is 0 Å². The first-order valence-corrected chi connectivity index (χ1v) is 7.04. The summed E-state index contributed by atoms with van der Waals surface area (Å²) >= 11 is 0. The van der Waals surface area contributed by atoms with Crippen LogP contribution in [0.15, 0.2) is 0 Å². The van der Waals surface area contributed by atoms with E-state index in [0.29, 0.717) is 0 Å². The molecule has 1 saturated heterocycles. The Kier molecular flexibility index (Phi) is 3.48. The van der Waals surface area contributed by atoms with Gasteiger partial charge in [0, 0.05) is 13.1 Å². The molecular formula is C5H11NO6S2. The smallest absolute Gasteiger partial charge is 0.280 e. The highest BCUT2D eigenvalue weighted by molar-refractivity contribution is 8.04. The molecule has 7 nitrogen and oxygen atoms in total. The lowest BCUT2D eigenvalue weighted by Gasteiger charge is -2.25. The molecule has 1 N–H and O–H groups in total. The maximum atomic E-state index is 11.3. The van der Waals surface area contributed by atoms with Gasteiger partial charge < -0.3 is 4.74 Å². The third-order valence-corrected chi connectivity index (χ3v) is 5.20. The van der Waals surface area contributed by atoms with Crippen LogP contribution in [0.2, 0.25) is 0 Å². The quantitative estimate of drug-likeness (QED) is 0.607. The third-order valence-electron chi connectivity index (χ3n) is 1.66. The van der Waals surface area contributed by atoms with Crippen molar-refractivity contribution in [1.82, 2.24) is 4.31 Å². The first kappa shape index (κ1) is 11.9. The predicted octanol–water partition coefficient (Wildman–Crippen LogP) is -1.51. The summed E-state index contributed by atoms with van der Waals surface area (Å²) in [7, 11) is -8.43. The van der Waals surface area contributed by atoms with Crippen molar-refractivity contribution in [2.45, 2.75) is 0 Å². The average Bonchev–Trinajstić information content (AvgIpc) is 2.01. The number of hydrogen-bond donors (Lipinski definition) is 1. The topological polar surface area (TPSA) is 101 Å². The Morgan fingerprint density at radius 2 is 1.64 bits per heavy atom. The Bertz CT molecular complexity index is 378. The average molecular weight is 245 g/mol. The van der Waals surface area contributed by atoms with Gasteiger partial charge >= 0.3 is 0 Å². The number of morpholine rings is 1. The van der Waals surface area contributed by atoms with Crippen molar-refractivity contribution in [3.63, 3.8) is 0 Å². The van der Waals surface area contributed by atoms with E-state index in [9.17, 15) is 16.8 Å². The van der Waals surface area contributed by atoms with Crippen LogP contribution in [0.5, 0.6) is 0 Å². The summed E-state index contributed by atoms with van der Waals surface area (Å²) in [5, 5.41) is -1.26. The van der Waals surface area contributed by atoms with E-state index in [1.165, 1.54) is 0 Å². The van der Waals surface area contributed by atoms with E-state index in [1.54, 1.807) is 0 Å². The van der Waals surface area contributed by atoms with Gasteiger partial charge in [-0.05, 0) is 0 Å². The zero-order valence-corrected chi connectivity index (χ0v) is 8.92. The highest BCUT2D eigenvalue weighted by Crippen LogP contribution is 2.07. The molecule has 0 aliphatic carbocycles. The molecule has 0 aromatic carbocycles. The van der Waals surface area contributed by atoms with Crippen LogP contribution < -0.4 is 0 Å². The first-order chi connectivity index (χ1) is 6.31. The molecule has 0 aromatic heterocycles. The molecule has 0 saturated carbocycles. The van der Waals surface area contributed by atoms with E-state index in [2.05, 4.69) is 0 Å². The Morgan fingerprint density at radius 3 is 2.07 bits per heavy atom. The molecule has 84 valence electrons. The van der Waals surface area contributed by atoms with Crippen molar-refractivity contribution in [1.29, 1.82) is 0 Å². The van der Waals surface area contributed by atoms with Crippen molar-refractivity contribution in [2.75, 3.05) is 31.4 Å². The fraction of sp³-hybridized carbons (Fsp3) is 1.00. The molecule has 9 heteroatoms. The Labute approximate surface area is 82.5 Å². The predicted molar refractivity (Wildman–Crippen MR) is 47.7 cm³/mol. The van der Waals surface area contributed by atoms with Gasteiger partial charge in [-0.25, -0.2) is 8.42 Å². The minimum absolute atomic E-state index is 0.123. The van der Waals surface area contributed by atoms with Gasteiger partial charge in [-0.1, -0.05) is 0 Å². The van der Waals surface area contributed by atoms with E-state index < -0.39 is 25.2 Å². The number of nitrogens with zero attached hydrogens (tertiary/aromatic N) is 1. The molecule has 0 atom stereocenters. The molecule has 1 aliphatic rings. The maximum absolute atomic E-state index is 11.3. The van der Waals surface area contributed by atoms with Gasteiger partial charge in [0.1, 0.15) is 0 Å². The van der Waals surface area contributed by atoms with Crippen molar-refractivity contribution < 1.29 is 26.1 Å². The van der Waals surface area contributed by atoms with Crippen LogP contribution in [0.4, 0.5) is 0 Å². The lowest BCUT2D eigenvalue weighted by atomic mass is 10.5. The molecule has 1 rings (SSSR count). The van der Waals surface area contributed by atoms with Crippen molar-refractivity contribution in [2.24, 2.45) is 0 Å². The van der Waals surface area contributed by atoms with Gasteiger partial charge in [0.25, 0.3) is 10.1 Å². The summed E-state index contributed by atoms with van der Waals surface area (Å²) in [5.41, 5.74) is 0. The zero-order valence-electron chi connectivity index (χ0n) is 7.29. The Balaban J connectivity index is 2.74. The summed E-state index contributed by atoms with van der Waals surface area (Å²) in [4.78, 5) is 0. The van der Waals surface area contributed by atoms with Crippen LogP contribution in [0.25, 0.3) is 0 Å². The van der Waals surface area contributed by atoms with Gasteiger partial charge in [-0.15, -0.1) is 0 Å². The lowest BCUT2D eigenvalue weighted by Crippen LogP contribution is -2.42. The van der Waals surface area contributed by atoms with Gasteiger partial charge in [0.2, 0.25) is 10.0 Å². The van der Waals surface area contributed by atoms with Crippen LogP contribution >= 0.6 is 0 Å². The van der Waals surface area contributed by atoms with E-state index in [1.807, 2.05) is 0 Å². The van der Waals surface area contributed by atoms with Crippen molar-refractivity contribution in [3.05, 3.63) is 0 Å². The van der Waals surface area contributed by atoms with Crippen LogP contribution in [0.3, 0.4) is 0 Å². The minimum Gasteiger partial charge on any atom is -0.379 e. The maximum Gasteiger partial charge on any atom is 0.280 e. The number of sulfonamides is 1. The monoisotopic (exact) mass is 245 g/mol. The standard InChI is InChI=1S/C5H11NO6S2/c7-13(8,5-14(9,10)11)6-1-3-12-4-2-6/h1-5H2,(H,9,10,11). The van der Waals surface area contributed by atoms with Crippen LogP contribution in [-0.4, -0.2) is 57.1 Å². The SMILES string of the molecule is O=S(=O)(O)CS(=O)(=O)N1CCOCC1. The van der Waals surface area contributed by atoms with Crippen LogP contribution in [0.1, 0.15) is 0 Å². The highest BCUT2D eigenvalue weighted by atomic mass is 32.3. The van der Waals surface area contributed by atoms with Gasteiger partial charge in [-0.2, -0.15) is 12.7 Å².